The number of nitrogens with zero attached hydrogens (tertiary/aromatic N) is 4. The number of nitrogens with one attached hydrogen (secondary N) is 1. The van der Waals surface area contributed by atoms with Gasteiger partial charge in [0.05, 0.1) is 17.2 Å². The zero-order chi connectivity index (χ0) is 21.4. The van der Waals surface area contributed by atoms with Crippen molar-refractivity contribution in [1.82, 2.24) is 20.0 Å². The Morgan fingerprint density at radius 3 is 2.61 bits per heavy atom. The first-order valence-electron chi connectivity index (χ1n) is 10.3. The van der Waals surface area contributed by atoms with Gasteiger partial charge >= 0.3 is 0 Å². The quantitative estimate of drug-likeness (QED) is 0.424. The molecule has 31 heavy (non-hydrogen) atoms. The fraction of sp³-hybridized carbons (Fsp3) is 0.217. The minimum Gasteiger partial charge on any atom is -0.383 e. The third kappa shape index (κ3) is 3.79. The van der Waals surface area contributed by atoms with Gasteiger partial charge in [-0.2, -0.15) is 9.78 Å². The Labute approximate surface area is 187 Å². The normalized spacial score (nSPS) is 14.7. The number of anilines is 1. The SMILES string of the molecule is Nc1c(C(=O)NC2CCCC2)c2nc3ccccc3nc2n1/N=C/c1cccc(Br)c1. The molecule has 1 aliphatic rings. The number of hydrogen-bond acceptors (Lipinski definition) is 5. The fourth-order valence-electron chi connectivity index (χ4n) is 4.03. The van der Waals surface area contributed by atoms with Gasteiger partial charge in [-0.05, 0) is 42.7 Å². The van der Waals surface area contributed by atoms with E-state index in [1.54, 1.807) is 6.21 Å². The molecule has 1 aliphatic carbocycles. The van der Waals surface area contributed by atoms with Gasteiger partial charge in [0, 0.05) is 10.5 Å². The van der Waals surface area contributed by atoms with Crippen LogP contribution in [0.5, 0.6) is 0 Å². The Balaban J connectivity index is 1.65. The van der Waals surface area contributed by atoms with Crippen LogP contribution in [0, 0.1) is 0 Å². The number of para-hydroxylation sites is 2. The molecule has 0 radical (unpaired) electrons. The Hall–Kier alpha value is -3.26. The van der Waals surface area contributed by atoms with Crippen LogP contribution in [0.25, 0.3) is 22.2 Å². The lowest BCUT2D eigenvalue weighted by Gasteiger charge is -2.11. The molecule has 1 fully saturated rings. The highest BCUT2D eigenvalue weighted by molar-refractivity contribution is 9.10. The van der Waals surface area contributed by atoms with Crippen LogP contribution in [-0.2, 0) is 0 Å². The molecule has 1 saturated carbocycles. The van der Waals surface area contributed by atoms with E-state index in [1.165, 1.54) is 4.68 Å². The van der Waals surface area contributed by atoms with Crippen molar-refractivity contribution in [3.05, 3.63) is 64.1 Å². The Morgan fingerprint density at radius 2 is 1.87 bits per heavy atom. The molecule has 2 aromatic heterocycles. The Morgan fingerprint density at radius 1 is 1.13 bits per heavy atom. The maximum absolute atomic E-state index is 13.2. The Bertz CT molecular complexity index is 1320. The van der Waals surface area contributed by atoms with Crippen LogP contribution in [0.1, 0.15) is 41.6 Å². The standard InChI is InChI=1S/C23H21BrN6O/c24-15-7-5-6-14(12-15)13-26-30-21(25)19(23(31)27-16-8-1-2-9-16)20-22(30)29-18-11-4-3-10-17(18)28-20/h3-7,10-13,16H,1-2,8-9,25H2,(H,27,31)/b26-13+. The topological polar surface area (TPSA) is 98.2 Å². The molecule has 2 heterocycles. The molecule has 5 rings (SSSR count). The molecule has 0 bridgehead atoms. The molecule has 3 N–H and O–H groups in total. The number of carbonyl (C=O) groups excluding carboxylic acids is 1. The molecular formula is C23H21BrN6O. The van der Waals surface area contributed by atoms with Crippen molar-refractivity contribution in [2.24, 2.45) is 5.10 Å². The van der Waals surface area contributed by atoms with Gasteiger partial charge in [-0.15, -0.1) is 0 Å². The lowest BCUT2D eigenvalue weighted by atomic mass is 10.2. The van der Waals surface area contributed by atoms with Crippen molar-refractivity contribution < 1.29 is 4.79 Å². The van der Waals surface area contributed by atoms with Gasteiger partial charge in [-0.1, -0.05) is 53.0 Å². The summed E-state index contributed by atoms with van der Waals surface area (Å²) in [5.41, 5.74) is 10.0. The second kappa shape index (κ2) is 8.11. The van der Waals surface area contributed by atoms with Crippen molar-refractivity contribution in [3.8, 4) is 0 Å². The fourth-order valence-corrected chi connectivity index (χ4v) is 4.44. The number of aromatic nitrogens is 3. The summed E-state index contributed by atoms with van der Waals surface area (Å²) < 4.78 is 2.45. The highest BCUT2D eigenvalue weighted by Gasteiger charge is 2.26. The number of hydrogen-bond donors (Lipinski definition) is 2. The van der Waals surface area contributed by atoms with Crippen LogP contribution in [0.3, 0.4) is 0 Å². The summed E-state index contributed by atoms with van der Waals surface area (Å²) >= 11 is 3.47. The van der Waals surface area contributed by atoms with E-state index in [0.717, 1.165) is 35.7 Å². The average Bonchev–Trinajstić information content (AvgIpc) is 3.36. The predicted octanol–water partition coefficient (Wildman–Crippen LogP) is 4.48. The minimum atomic E-state index is -0.226. The zero-order valence-corrected chi connectivity index (χ0v) is 18.3. The lowest BCUT2D eigenvalue weighted by molar-refractivity contribution is 0.0940. The van der Waals surface area contributed by atoms with Crippen LogP contribution in [0.4, 0.5) is 5.82 Å². The largest absolute Gasteiger partial charge is 0.383 e. The first kappa shape index (κ1) is 19.7. The summed E-state index contributed by atoms with van der Waals surface area (Å²) in [5, 5.41) is 7.66. The third-order valence-electron chi connectivity index (χ3n) is 5.56. The van der Waals surface area contributed by atoms with Gasteiger partial charge in [0.15, 0.2) is 5.65 Å². The van der Waals surface area contributed by atoms with Gasteiger partial charge in [-0.3, -0.25) is 4.79 Å². The molecular weight excluding hydrogens is 456 g/mol. The van der Waals surface area contributed by atoms with Gasteiger partial charge in [0.2, 0.25) is 0 Å². The monoisotopic (exact) mass is 476 g/mol. The van der Waals surface area contributed by atoms with Crippen LogP contribution >= 0.6 is 15.9 Å². The van der Waals surface area contributed by atoms with Gasteiger partial charge < -0.3 is 11.1 Å². The molecule has 0 saturated heterocycles. The molecule has 7 nitrogen and oxygen atoms in total. The van der Waals surface area contributed by atoms with Crippen molar-refractivity contribution in [1.29, 1.82) is 0 Å². The molecule has 8 heteroatoms. The summed E-state index contributed by atoms with van der Waals surface area (Å²) in [7, 11) is 0. The molecule has 0 atom stereocenters. The van der Waals surface area contributed by atoms with E-state index in [1.807, 2.05) is 48.5 Å². The van der Waals surface area contributed by atoms with Crippen molar-refractivity contribution >= 4 is 56.1 Å². The molecule has 0 aliphatic heterocycles. The number of amides is 1. The third-order valence-corrected chi connectivity index (χ3v) is 6.06. The molecule has 1 amide bonds. The smallest absolute Gasteiger partial charge is 0.257 e. The summed E-state index contributed by atoms with van der Waals surface area (Å²) in [6.45, 7) is 0. The molecule has 0 spiro atoms. The highest BCUT2D eigenvalue weighted by atomic mass is 79.9. The predicted molar refractivity (Wildman–Crippen MR) is 126 cm³/mol. The van der Waals surface area contributed by atoms with Gasteiger partial charge in [0.1, 0.15) is 16.9 Å². The Kier molecular flexibility index (Phi) is 5.15. The summed E-state index contributed by atoms with van der Waals surface area (Å²) in [4.78, 5) is 22.6. The molecule has 0 unspecified atom stereocenters. The second-order valence-corrected chi connectivity index (χ2v) is 8.63. The van der Waals surface area contributed by atoms with Crippen molar-refractivity contribution in [2.75, 3.05) is 5.73 Å². The van der Waals surface area contributed by atoms with Crippen LogP contribution in [0.2, 0.25) is 0 Å². The van der Waals surface area contributed by atoms with Crippen LogP contribution < -0.4 is 11.1 Å². The first-order valence-corrected chi connectivity index (χ1v) is 11.1. The van der Waals surface area contributed by atoms with Crippen LogP contribution in [0.15, 0.2) is 58.1 Å². The first-order chi connectivity index (χ1) is 15.1. The average molecular weight is 477 g/mol. The zero-order valence-electron chi connectivity index (χ0n) is 16.8. The number of fused-ring (bicyclic) bond motifs is 2. The number of nitrogens with two attached hydrogens (primary N) is 1. The number of rotatable bonds is 4. The van der Waals surface area contributed by atoms with Crippen molar-refractivity contribution in [2.45, 2.75) is 31.7 Å². The van der Waals surface area contributed by atoms with Gasteiger partial charge in [-0.25, -0.2) is 9.97 Å². The summed E-state index contributed by atoms with van der Waals surface area (Å²) in [6, 6.07) is 15.5. The maximum atomic E-state index is 13.2. The van der Waals surface area contributed by atoms with Crippen molar-refractivity contribution in [3.63, 3.8) is 0 Å². The van der Waals surface area contributed by atoms with Crippen LogP contribution in [-0.4, -0.2) is 32.8 Å². The number of carbonyl (C=O) groups is 1. The number of nitrogen functional groups attached to an aromatic ring is 1. The molecule has 2 aromatic carbocycles. The van der Waals surface area contributed by atoms with E-state index >= 15 is 0 Å². The number of halogens is 1. The van der Waals surface area contributed by atoms with Gasteiger partial charge in [0.25, 0.3) is 5.91 Å². The second-order valence-electron chi connectivity index (χ2n) is 7.71. The molecule has 4 aromatic rings. The number of benzene rings is 2. The highest BCUT2D eigenvalue weighted by Crippen LogP contribution is 2.28. The van der Waals surface area contributed by atoms with E-state index in [4.69, 9.17) is 15.7 Å². The maximum Gasteiger partial charge on any atom is 0.257 e. The van der Waals surface area contributed by atoms with E-state index in [2.05, 4.69) is 26.3 Å². The van der Waals surface area contributed by atoms with E-state index in [0.29, 0.717) is 27.8 Å². The summed E-state index contributed by atoms with van der Waals surface area (Å²) in [5.74, 6) is 0.00226. The van der Waals surface area contributed by atoms with E-state index in [9.17, 15) is 4.79 Å². The molecule has 156 valence electrons. The van der Waals surface area contributed by atoms with E-state index in [-0.39, 0.29) is 17.8 Å². The lowest BCUT2D eigenvalue weighted by Crippen LogP contribution is -2.33. The summed E-state index contributed by atoms with van der Waals surface area (Å²) in [6.07, 6.45) is 5.92. The van der Waals surface area contributed by atoms with E-state index < -0.39 is 0 Å². The minimum absolute atomic E-state index is 0.170.